The van der Waals surface area contributed by atoms with Crippen LogP contribution in [0.15, 0.2) is 68.6 Å². The molecule has 0 aliphatic carbocycles. The number of aryl methyl sites for hydroxylation is 1. The lowest BCUT2D eigenvalue weighted by Crippen LogP contribution is -2.17. The summed E-state index contributed by atoms with van der Waals surface area (Å²) in [6.07, 6.45) is 2.54. The molecule has 0 heterocycles. The molecule has 3 aromatic rings. The maximum absolute atomic E-state index is 12.0. The third kappa shape index (κ3) is 4.51. The van der Waals surface area contributed by atoms with E-state index in [2.05, 4.69) is 60.6 Å². The minimum Gasteiger partial charge on any atom is -0.506 e. The Bertz CT molecular complexity index is 958. The monoisotopic (exact) mass is 474 g/mol. The Morgan fingerprint density at radius 1 is 1.08 bits per heavy atom. The van der Waals surface area contributed by atoms with Gasteiger partial charge in [0.05, 0.1) is 15.2 Å². The van der Waals surface area contributed by atoms with Gasteiger partial charge in [0.2, 0.25) is 5.91 Å². The number of carbonyl (C=O) groups is 1. The van der Waals surface area contributed by atoms with Crippen LogP contribution in [0.3, 0.4) is 0 Å². The van der Waals surface area contributed by atoms with Gasteiger partial charge in [-0.2, -0.15) is 5.10 Å². The van der Waals surface area contributed by atoms with Crippen LogP contribution < -0.4 is 5.43 Å². The van der Waals surface area contributed by atoms with Gasteiger partial charge in [-0.25, -0.2) is 5.43 Å². The first kappa shape index (κ1) is 18.6. The highest BCUT2D eigenvalue weighted by molar-refractivity contribution is 9.11. The highest BCUT2D eigenvalue weighted by atomic mass is 79.9. The number of aromatic hydroxyl groups is 1. The first-order valence-corrected chi connectivity index (χ1v) is 9.60. The number of carbonyl (C=O) groups excluding carboxylic acids is 1. The van der Waals surface area contributed by atoms with Crippen molar-refractivity contribution in [2.75, 3.05) is 0 Å². The number of halogens is 2. The van der Waals surface area contributed by atoms with Crippen molar-refractivity contribution in [2.45, 2.75) is 12.8 Å². The van der Waals surface area contributed by atoms with Gasteiger partial charge in [0.1, 0.15) is 5.75 Å². The van der Waals surface area contributed by atoms with Crippen LogP contribution in [0.5, 0.6) is 5.75 Å². The average Bonchev–Trinajstić information content (AvgIpc) is 2.64. The summed E-state index contributed by atoms with van der Waals surface area (Å²) in [6, 6.07) is 17.7. The van der Waals surface area contributed by atoms with Crippen LogP contribution in [0.25, 0.3) is 10.8 Å². The van der Waals surface area contributed by atoms with Crippen molar-refractivity contribution < 1.29 is 9.90 Å². The van der Waals surface area contributed by atoms with Crippen LogP contribution in [0.2, 0.25) is 0 Å². The molecule has 0 aliphatic heterocycles. The molecule has 0 unspecified atom stereocenters. The summed E-state index contributed by atoms with van der Waals surface area (Å²) in [4.78, 5) is 12.0. The van der Waals surface area contributed by atoms with Gasteiger partial charge in [0.25, 0.3) is 0 Å². The highest BCUT2D eigenvalue weighted by Crippen LogP contribution is 2.32. The Morgan fingerprint density at radius 3 is 2.54 bits per heavy atom. The summed E-state index contributed by atoms with van der Waals surface area (Å²) in [7, 11) is 0. The first-order chi connectivity index (χ1) is 12.5. The van der Waals surface area contributed by atoms with E-state index in [1.807, 2.05) is 24.3 Å². The number of hydrogen-bond donors (Lipinski definition) is 2. The second kappa shape index (κ2) is 8.47. The fourth-order valence-electron chi connectivity index (χ4n) is 2.65. The summed E-state index contributed by atoms with van der Waals surface area (Å²) in [5, 5.41) is 16.0. The van der Waals surface area contributed by atoms with E-state index in [-0.39, 0.29) is 11.7 Å². The SMILES string of the molecule is O=C(CCc1cccc2ccccc12)N/N=C\c1cc(Br)c(O)c(Br)c1. The van der Waals surface area contributed by atoms with Crippen molar-refractivity contribution in [1.29, 1.82) is 0 Å². The minimum absolute atomic E-state index is 0.126. The molecule has 0 saturated carbocycles. The number of amides is 1. The van der Waals surface area contributed by atoms with Crippen LogP contribution in [-0.4, -0.2) is 17.2 Å². The third-order valence-electron chi connectivity index (χ3n) is 3.94. The van der Waals surface area contributed by atoms with Gasteiger partial charge in [-0.3, -0.25) is 4.79 Å². The second-order valence-corrected chi connectivity index (χ2v) is 7.47. The van der Waals surface area contributed by atoms with Crippen molar-refractivity contribution in [2.24, 2.45) is 5.10 Å². The van der Waals surface area contributed by atoms with Crippen LogP contribution in [0.1, 0.15) is 17.5 Å². The lowest BCUT2D eigenvalue weighted by atomic mass is 10.0. The average molecular weight is 476 g/mol. The molecule has 3 aromatic carbocycles. The van der Waals surface area contributed by atoms with Crippen LogP contribution in [0.4, 0.5) is 0 Å². The molecule has 0 fully saturated rings. The number of hydrogen-bond acceptors (Lipinski definition) is 3. The van der Waals surface area contributed by atoms with Gasteiger partial charge in [0, 0.05) is 6.42 Å². The molecule has 0 spiro atoms. The first-order valence-electron chi connectivity index (χ1n) is 8.01. The van der Waals surface area contributed by atoms with Crippen molar-refractivity contribution in [1.82, 2.24) is 5.43 Å². The van der Waals surface area contributed by atoms with Gasteiger partial charge < -0.3 is 5.11 Å². The molecule has 6 heteroatoms. The maximum Gasteiger partial charge on any atom is 0.240 e. The standard InChI is InChI=1S/C20H16Br2N2O2/c21-17-10-13(11-18(22)20(17)26)12-23-24-19(25)9-8-15-6-3-5-14-4-1-2-7-16(14)15/h1-7,10-12,26H,8-9H2,(H,24,25)/b23-12-. The van der Waals surface area contributed by atoms with Crippen LogP contribution in [-0.2, 0) is 11.2 Å². The van der Waals surface area contributed by atoms with E-state index in [9.17, 15) is 9.90 Å². The quantitative estimate of drug-likeness (QED) is 0.395. The number of nitrogens with one attached hydrogen (secondary N) is 1. The van der Waals surface area contributed by atoms with Gasteiger partial charge in [-0.05, 0) is 72.3 Å². The predicted octanol–water partition coefficient (Wildman–Crippen LogP) is 5.15. The molecule has 3 rings (SSSR count). The smallest absolute Gasteiger partial charge is 0.240 e. The number of nitrogens with zero attached hydrogens (tertiary/aromatic N) is 1. The highest BCUT2D eigenvalue weighted by Gasteiger charge is 2.06. The molecular weight excluding hydrogens is 460 g/mol. The minimum atomic E-state index is -0.147. The van der Waals surface area contributed by atoms with Crippen molar-refractivity contribution in [3.8, 4) is 5.75 Å². The van der Waals surface area contributed by atoms with Crippen molar-refractivity contribution >= 4 is 54.8 Å². The molecule has 0 aliphatic rings. The molecule has 4 nitrogen and oxygen atoms in total. The second-order valence-electron chi connectivity index (χ2n) is 5.76. The zero-order valence-corrected chi connectivity index (χ0v) is 16.9. The maximum atomic E-state index is 12.0. The number of benzene rings is 3. The Balaban J connectivity index is 1.59. The molecule has 26 heavy (non-hydrogen) atoms. The Morgan fingerprint density at radius 2 is 1.77 bits per heavy atom. The summed E-state index contributed by atoms with van der Waals surface area (Å²) >= 11 is 6.52. The van der Waals surface area contributed by atoms with Gasteiger partial charge in [-0.15, -0.1) is 0 Å². The summed E-state index contributed by atoms with van der Waals surface area (Å²) < 4.78 is 1.10. The van der Waals surface area contributed by atoms with E-state index < -0.39 is 0 Å². The molecular formula is C20H16Br2N2O2. The molecule has 1 amide bonds. The number of rotatable bonds is 5. The van der Waals surface area contributed by atoms with Gasteiger partial charge >= 0.3 is 0 Å². The van der Waals surface area contributed by atoms with E-state index >= 15 is 0 Å². The summed E-state index contributed by atoms with van der Waals surface area (Å²) in [6.45, 7) is 0. The lowest BCUT2D eigenvalue weighted by molar-refractivity contribution is -0.121. The number of hydrazone groups is 1. The molecule has 0 atom stereocenters. The largest absolute Gasteiger partial charge is 0.506 e. The fourth-order valence-corrected chi connectivity index (χ4v) is 3.87. The Hall–Kier alpha value is -2.18. The zero-order chi connectivity index (χ0) is 18.5. The predicted molar refractivity (Wildman–Crippen MR) is 112 cm³/mol. The molecule has 0 bridgehead atoms. The van der Waals surface area contributed by atoms with E-state index in [4.69, 9.17) is 0 Å². The zero-order valence-electron chi connectivity index (χ0n) is 13.7. The molecule has 0 radical (unpaired) electrons. The van der Waals surface area contributed by atoms with Crippen LogP contribution >= 0.6 is 31.9 Å². The fraction of sp³-hybridized carbons (Fsp3) is 0.100. The Labute approximate surface area is 168 Å². The third-order valence-corrected chi connectivity index (χ3v) is 5.15. The lowest BCUT2D eigenvalue weighted by Gasteiger charge is -2.06. The number of fused-ring (bicyclic) bond motifs is 1. The summed E-state index contributed by atoms with van der Waals surface area (Å²) in [5.41, 5.74) is 4.43. The van der Waals surface area contributed by atoms with Gasteiger partial charge in [0.15, 0.2) is 0 Å². The molecule has 2 N–H and O–H groups in total. The van der Waals surface area contributed by atoms with E-state index in [1.165, 1.54) is 17.0 Å². The normalized spacial score (nSPS) is 11.2. The van der Waals surface area contributed by atoms with E-state index in [1.54, 1.807) is 12.1 Å². The molecule has 132 valence electrons. The summed E-state index contributed by atoms with van der Waals surface area (Å²) in [5.74, 6) is -0.0210. The van der Waals surface area contributed by atoms with E-state index in [0.717, 1.165) is 11.1 Å². The number of phenols is 1. The van der Waals surface area contributed by atoms with Crippen LogP contribution in [0, 0.1) is 0 Å². The Kier molecular flexibility index (Phi) is 6.06. The topological polar surface area (TPSA) is 61.7 Å². The van der Waals surface area contributed by atoms with Crippen molar-refractivity contribution in [3.05, 3.63) is 74.7 Å². The molecule has 0 aromatic heterocycles. The van der Waals surface area contributed by atoms with E-state index in [0.29, 0.717) is 21.8 Å². The van der Waals surface area contributed by atoms with Crippen molar-refractivity contribution in [3.63, 3.8) is 0 Å². The molecule has 0 saturated heterocycles. The number of phenolic OH excluding ortho intramolecular Hbond substituents is 1. The van der Waals surface area contributed by atoms with Gasteiger partial charge in [-0.1, -0.05) is 42.5 Å².